The van der Waals surface area contributed by atoms with E-state index < -0.39 is 0 Å². The van der Waals surface area contributed by atoms with Gasteiger partial charge < -0.3 is 4.98 Å². The Labute approximate surface area is 73.2 Å². The van der Waals surface area contributed by atoms with Crippen LogP contribution in [0.4, 0.5) is 0 Å². The SMILES string of the molecule is C=C[SiH2]NC(CC)CCCC. The number of hydrogen-bond donors (Lipinski definition) is 1. The molecule has 1 unspecified atom stereocenters. The molecule has 2 heteroatoms. The monoisotopic (exact) mass is 171 g/mol. The Balaban J connectivity index is 3.32. The lowest BCUT2D eigenvalue weighted by Crippen LogP contribution is -2.30. The highest BCUT2D eigenvalue weighted by atomic mass is 28.2. The molecule has 0 aliphatic rings. The number of hydrogen-bond acceptors (Lipinski definition) is 1. The lowest BCUT2D eigenvalue weighted by atomic mass is 10.1. The Morgan fingerprint density at radius 2 is 2.27 bits per heavy atom. The fraction of sp³-hybridized carbons (Fsp3) is 0.778. The van der Waals surface area contributed by atoms with Gasteiger partial charge in [-0.2, -0.15) is 0 Å². The van der Waals surface area contributed by atoms with Gasteiger partial charge in [0.2, 0.25) is 0 Å². The van der Waals surface area contributed by atoms with Crippen molar-refractivity contribution in [1.29, 1.82) is 0 Å². The van der Waals surface area contributed by atoms with Gasteiger partial charge in [0.15, 0.2) is 0 Å². The van der Waals surface area contributed by atoms with Crippen LogP contribution in [0.1, 0.15) is 39.5 Å². The second-order valence-corrected chi connectivity index (χ2v) is 4.34. The molecule has 0 amide bonds. The first kappa shape index (κ1) is 10.9. The quantitative estimate of drug-likeness (QED) is 0.576. The van der Waals surface area contributed by atoms with Crippen LogP contribution in [-0.4, -0.2) is 15.7 Å². The third-order valence-electron chi connectivity index (χ3n) is 1.95. The molecule has 0 fully saturated rings. The van der Waals surface area contributed by atoms with Crippen LogP contribution in [0, 0.1) is 0 Å². The van der Waals surface area contributed by atoms with Crippen LogP contribution in [0.3, 0.4) is 0 Å². The highest BCUT2D eigenvalue weighted by molar-refractivity contribution is 6.38. The molecule has 1 N–H and O–H groups in total. The van der Waals surface area contributed by atoms with E-state index in [9.17, 15) is 0 Å². The van der Waals surface area contributed by atoms with Crippen molar-refractivity contribution >= 4 is 9.68 Å². The van der Waals surface area contributed by atoms with Gasteiger partial charge in [-0.25, -0.2) is 0 Å². The maximum atomic E-state index is 3.75. The minimum Gasteiger partial charge on any atom is -0.336 e. The zero-order chi connectivity index (χ0) is 8.53. The van der Waals surface area contributed by atoms with Crippen LogP contribution in [0.2, 0.25) is 0 Å². The van der Waals surface area contributed by atoms with Crippen molar-refractivity contribution in [2.75, 3.05) is 0 Å². The van der Waals surface area contributed by atoms with Crippen molar-refractivity contribution in [3.05, 3.63) is 12.3 Å². The molecule has 0 aliphatic carbocycles. The summed E-state index contributed by atoms with van der Waals surface area (Å²) < 4.78 is 0. The van der Waals surface area contributed by atoms with Gasteiger partial charge in [0.1, 0.15) is 9.68 Å². The minimum atomic E-state index is -0.151. The lowest BCUT2D eigenvalue weighted by molar-refractivity contribution is 0.528. The topological polar surface area (TPSA) is 12.0 Å². The summed E-state index contributed by atoms with van der Waals surface area (Å²) in [5.74, 6) is 0. The highest BCUT2D eigenvalue weighted by Gasteiger charge is 2.01. The fourth-order valence-corrected chi connectivity index (χ4v) is 2.14. The molecule has 0 saturated heterocycles. The molecule has 0 bridgehead atoms. The summed E-state index contributed by atoms with van der Waals surface area (Å²) in [6, 6.07) is 0.764. The Morgan fingerprint density at radius 1 is 1.55 bits per heavy atom. The third-order valence-corrected chi connectivity index (χ3v) is 3.05. The van der Waals surface area contributed by atoms with Crippen LogP contribution < -0.4 is 4.98 Å². The van der Waals surface area contributed by atoms with Gasteiger partial charge >= 0.3 is 0 Å². The predicted octanol–water partition coefficient (Wildman–Crippen LogP) is 1.77. The van der Waals surface area contributed by atoms with Crippen molar-refractivity contribution < 1.29 is 0 Å². The van der Waals surface area contributed by atoms with E-state index in [1.54, 1.807) is 0 Å². The Kier molecular flexibility index (Phi) is 7.96. The van der Waals surface area contributed by atoms with E-state index in [4.69, 9.17) is 0 Å². The lowest BCUT2D eigenvalue weighted by Gasteiger charge is -2.14. The van der Waals surface area contributed by atoms with Gasteiger partial charge in [-0.15, -0.1) is 6.58 Å². The molecule has 0 aliphatic heterocycles. The van der Waals surface area contributed by atoms with Gasteiger partial charge in [-0.1, -0.05) is 32.4 Å². The van der Waals surface area contributed by atoms with Crippen molar-refractivity contribution in [2.45, 2.75) is 45.6 Å². The molecular weight excluding hydrogens is 150 g/mol. The molecule has 0 rings (SSSR count). The van der Waals surface area contributed by atoms with E-state index in [-0.39, 0.29) is 9.68 Å². The smallest absolute Gasteiger partial charge is 0.116 e. The third kappa shape index (κ3) is 6.32. The van der Waals surface area contributed by atoms with Crippen molar-refractivity contribution in [3.8, 4) is 0 Å². The molecule has 1 nitrogen and oxygen atoms in total. The van der Waals surface area contributed by atoms with Crippen molar-refractivity contribution in [1.82, 2.24) is 4.98 Å². The minimum absolute atomic E-state index is 0.151. The van der Waals surface area contributed by atoms with Gasteiger partial charge in [-0.05, 0) is 18.9 Å². The van der Waals surface area contributed by atoms with Crippen molar-refractivity contribution in [3.63, 3.8) is 0 Å². The van der Waals surface area contributed by atoms with Gasteiger partial charge in [0.25, 0.3) is 0 Å². The maximum Gasteiger partial charge on any atom is 0.116 e. The molecule has 11 heavy (non-hydrogen) atoms. The summed E-state index contributed by atoms with van der Waals surface area (Å²) in [4.78, 5) is 3.57. The average Bonchev–Trinajstić information content (AvgIpc) is 2.05. The summed E-state index contributed by atoms with van der Waals surface area (Å²) in [6.07, 6.45) is 5.28. The van der Waals surface area contributed by atoms with E-state index in [2.05, 4.69) is 31.1 Å². The molecule has 0 spiro atoms. The summed E-state index contributed by atoms with van der Waals surface area (Å²) in [7, 11) is -0.151. The summed E-state index contributed by atoms with van der Waals surface area (Å²) in [6.45, 7) is 8.25. The predicted molar refractivity (Wildman–Crippen MR) is 55.5 cm³/mol. The van der Waals surface area contributed by atoms with E-state index in [0.717, 1.165) is 6.04 Å². The Morgan fingerprint density at radius 3 is 2.73 bits per heavy atom. The summed E-state index contributed by atoms with van der Waals surface area (Å²) in [5, 5.41) is 0. The average molecular weight is 171 g/mol. The van der Waals surface area contributed by atoms with E-state index in [0.29, 0.717) is 0 Å². The van der Waals surface area contributed by atoms with Gasteiger partial charge in [-0.3, -0.25) is 0 Å². The largest absolute Gasteiger partial charge is 0.336 e. The molecule has 1 atom stereocenters. The standard InChI is InChI=1S/C9H21NSi/c1-4-7-8-9(5-2)10-11-6-3/h6,9-10H,3-5,7-8,11H2,1-2H3. The fourth-order valence-electron chi connectivity index (χ4n) is 1.15. The molecule has 66 valence electrons. The first-order valence-corrected chi connectivity index (χ1v) is 6.21. The molecular formula is C9H21NSi. The van der Waals surface area contributed by atoms with Crippen LogP contribution in [0.5, 0.6) is 0 Å². The maximum absolute atomic E-state index is 3.75. The normalized spacial score (nSPS) is 14.0. The Bertz CT molecular complexity index is 93.6. The molecule has 0 aromatic rings. The first-order valence-electron chi connectivity index (χ1n) is 4.69. The molecule has 0 aromatic carbocycles. The molecule has 0 saturated carbocycles. The van der Waals surface area contributed by atoms with Crippen molar-refractivity contribution in [2.24, 2.45) is 0 Å². The molecule has 0 aromatic heterocycles. The molecule has 0 radical (unpaired) electrons. The zero-order valence-electron chi connectivity index (χ0n) is 7.90. The molecule has 0 heterocycles. The van der Waals surface area contributed by atoms with Crippen LogP contribution >= 0.6 is 0 Å². The number of nitrogens with one attached hydrogen (secondary N) is 1. The van der Waals surface area contributed by atoms with E-state index >= 15 is 0 Å². The second-order valence-electron chi connectivity index (χ2n) is 2.94. The zero-order valence-corrected chi connectivity index (χ0v) is 9.31. The van der Waals surface area contributed by atoms with Crippen LogP contribution in [-0.2, 0) is 0 Å². The van der Waals surface area contributed by atoms with Gasteiger partial charge in [0, 0.05) is 0 Å². The Hall–Kier alpha value is -0.0831. The number of rotatable bonds is 7. The van der Waals surface area contributed by atoms with Crippen LogP contribution in [0.15, 0.2) is 12.3 Å². The van der Waals surface area contributed by atoms with E-state index in [1.165, 1.54) is 25.7 Å². The number of unbranched alkanes of at least 4 members (excludes halogenated alkanes) is 1. The summed E-state index contributed by atoms with van der Waals surface area (Å²) >= 11 is 0. The highest BCUT2D eigenvalue weighted by Crippen LogP contribution is 2.02. The van der Waals surface area contributed by atoms with Gasteiger partial charge in [0.05, 0.1) is 0 Å². The summed E-state index contributed by atoms with van der Waals surface area (Å²) in [5.41, 5.74) is 2.06. The van der Waals surface area contributed by atoms with E-state index in [1.807, 2.05) is 0 Å². The first-order chi connectivity index (χ1) is 5.35. The van der Waals surface area contributed by atoms with Crippen LogP contribution in [0.25, 0.3) is 0 Å². The second kappa shape index (κ2) is 8.02.